The second-order valence-corrected chi connectivity index (χ2v) is 16.0. The summed E-state index contributed by atoms with van der Waals surface area (Å²) in [5.74, 6) is -0.662. The molecule has 1 atom stereocenters. The van der Waals surface area contributed by atoms with E-state index in [0.717, 1.165) is 72.2 Å². The smallest absolute Gasteiger partial charge is 0.410 e. The van der Waals surface area contributed by atoms with Crippen molar-refractivity contribution < 1.29 is 33.3 Å². The van der Waals surface area contributed by atoms with Crippen LogP contribution in [0.2, 0.25) is 0 Å². The molecule has 1 amide bonds. The molecule has 3 heterocycles. The molecule has 1 aromatic heterocycles. The van der Waals surface area contributed by atoms with Crippen LogP contribution in [0.3, 0.4) is 0 Å². The summed E-state index contributed by atoms with van der Waals surface area (Å²) < 4.78 is 24.5. The summed E-state index contributed by atoms with van der Waals surface area (Å²) in [4.78, 5) is 42.3. The van der Waals surface area contributed by atoms with E-state index in [4.69, 9.17) is 18.9 Å². The molecule has 52 heavy (non-hydrogen) atoms. The van der Waals surface area contributed by atoms with Crippen LogP contribution in [0.1, 0.15) is 101 Å². The fourth-order valence-corrected chi connectivity index (χ4v) is 7.02. The summed E-state index contributed by atoms with van der Waals surface area (Å²) in [7, 11) is 0. The van der Waals surface area contributed by atoms with E-state index in [2.05, 4.69) is 39.5 Å². The lowest BCUT2D eigenvalue weighted by Crippen LogP contribution is -2.40. The lowest BCUT2D eigenvalue weighted by Gasteiger charge is -2.32. The molecular weight excluding hydrogens is 662 g/mol. The fraction of sp³-hybridized carbons (Fsp3) is 0.625. The minimum absolute atomic E-state index is 0.0313. The van der Waals surface area contributed by atoms with Crippen molar-refractivity contribution in [1.29, 1.82) is 0 Å². The van der Waals surface area contributed by atoms with Crippen molar-refractivity contribution in [2.24, 2.45) is 5.92 Å². The molecular formula is C40H57N5O7. The van der Waals surface area contributed by atoms with Gasteiger partial charge in [-0.1, -0.05) is 29.5 Å². The molecule has 2 aromatic carbocycles. The summed E-state index contributed by atoms with van der Waals surface area (Å²) >= 11 is 0. The number of esters is 2. The Hall–Kier alpha value is -4.03. The van der Waals surface area contributed by atoms with E-state index in [9.17, 15) is 14.4 Å². The van der Waals surface area contributed by atoms with Crippen LogP contribution in [-0.4, -0.2) is 100 Å². The molecule has 2 aliphatic heterocycles. The van der Waals surface area contributed by atoms with Crippen molar-refractivity contribution in [1.82, 2.24) is 24.8 Å². The number of fused-ring (bicyclic) bond motifs is 2. The third-order valence-corrected chi connectivity index (χ3v) is 9.66. The molecule has 284 valence electrons. The average molecular weight is 720 g/mol. The van der Waals surface area contributed by atoms with E-state index >= 15 is 0 Å². The molecule has 12 nitrogen and oxygen atoms in total. The number of hydrogen-bond donors (Lipinski definition) is 0. The number of benzene rings is 2. The minimum Gasteiger partial charge on any atom is -0.466 e. The zero-order chi connectivity index (χ0) is 37.6. The largest absolute Gasteiger partial charge is 0.466 e. The minimum atomic E-state index is -0.570. The number of aryl methyl sites for hydroxylation is 1. The first kappa shape index (κ1) is 39.2. The molecule has 5 rings (SSSR count). The maximum atomic E-state index is 12.9. The van der Waals surface area contributed by atoms with Gasteiger partial charge in [0, 0.05) is 25.6 Å². The first-order chi connectivity index (χ1) is 24.6. The summed E-state index contributed by atoms with van der Waals surface area (Å²) in [6.45, 7) is 20.7. The van der Waals surface area contributed by atoms with E-state index in [1.165, 1.54) is 5.56 Å². The van der Waals surface area contributed by atoms with Gasteiger partial charge in [0.1, 0.15) is 16.7 Å². The van der Waals surface area contributed by atoms with Gasteiger partial charge in [-0.3, -0.25) is 9.59 Å². The molecule has 0 spiro atoms. The Labute approximate surface area is 308 Å². The number of piperidine rings is 1. The summed E-state index contributed by atoms with van der Waals surface area (Å²) in [5, 5.41) is 9.01. The first-order valence-corrected chi connectivity index (χ1v) is 18.7. The molecule has 1 saturated heterocycles. The van der Waals surface area contributed by atoms with E-state index in [0.29, 0.717) is 39.5 Å². The van der Waals surface area contributed by atoms with E-state index in [1.807, 2.05) is 66.1 Å². The Kier molecular flexibility index (Phi) is 12.6. The molecule has 1 unspecified atom stereocenters. The Morgan fingerprint density at radius 1 is 0.904 bits per heavy atom. The Bertz CT molecular complexity index is 1720. The molecule has 12 heteroatoms. The Morgan fingerprint density at radius 3 is 2.31 bits per heavy atom. The van der Waals surface area contributed by atoms with Crippen LogP contribution in [0.4, 0.5) is 4.79 Å². The third kappa shape index (κ3) is 10.3. The molecule has 0 radical (unpaired) electrons. The van der Waals surface area contributed by atoms with Gasteiger partial charge in [0.2, 0.25) is 0 Å². The molecule has 0 saturated carbocycles. The third-order valence-electron chi connectivity index (χ3n) is 9.66. The van der Waals surface area contributed by atoms with E-state index < -0.39 is 11.2 Å². The van der Waals surface area contributed by atoms with Crippen LogP contribution in [-0.2, 0) is 48.0 Å². The summed E-state index contributed by atoms with van der Waals surface area (Å²) in [6, 6.07) is 10.4. The fourth-order valence-electron chi connectivity index (χ4n) is 7.02. The highest BCUT2D eigenvalue weighted by molar-refractivity contribution is 5.80. The van der Waals surface area contributed by atoms with Crippen molar-refractivity contribution in [3.8, 4) is 0 Å². The average Bonchev–Trinajstić information content (AvgIpc) is 3.49. The zero-order valence-corrected chi connectivity index (χ0v) is 32.3. The van der Waals surface area contributed by atoms with Crippen LogP contribution < -0.4 is 0 Å². The quantitative estimate of drug-likeness (QED) is 0.122. The van der Waals surface area contributed by atoms with Gasteiger partial charge in [0.05, 0.1) is 44.2 Å². The van der Waals surface area contributed by atoms with Crippen molar-refractivity contribution in [2.75, 3.05) is 46.0 Å². The monoisotopic (exact) mass is 719 g/mol. The number of nitrogens with zero attached hydrogens (tertiary/aromatic N) is 5. The normalized spacial score (nSPS) is 16.4. The van der Waals surface area contributed by atoms with Crippen LogP contribution >= 0.6 is 0 Å². The Balaban J connectivity index is 1.22. The highest BCUT2D eigenvalue weighted by Crippen LogP contribution is 2.35. The maximum Gasteiger partial charge on any atom is 0.410 e. The number of carbonyl (C=O) groups is 3. The molecule has 3 aromatic rings. The van der Waals surface area contributed by atoms with Crippen LogP contribution in [0.5, 0.6) is 0 Å². The summed E-state index contributed by atoms with van der Waals surface area (Å²) in [6.07, 6.45) is 2.21. The van der Waals surface area contributed by atoms with Crippen molar-refractivity contribution in [2.45, 2.75) is 111 Å². The van der Waals surface area contributed by atoms with Crippen molar-refractivity contribution in [3.63, 3.8) is 0 Å². The van der Waals surface area contributed by atoms with Crippen molar-refractivity contribution >= 4 is 29.1 Å². The van der Waals surface area contributed by atoms with E-state index in [-0.39, 0.29) is 36.3 Å². The van der Waals surface area contributed by atoms with Crippen molar-refractivity contribution in [3.05, 3.63) is 58.1 Å². The van der Waals surface area contributed by atoms with Gasteiger partial charge in [-0.15, -0.1) is 5.10 Å². The standard InChI is InChI=1S/C40H57N5O7/c1-9-50-35(46)25-33(30-11-10-28-16-19-44(26-31(28)24-30)38(48)52-40(6,7)8)32-12-13-34-36(27(32)2)41-42-45(34)21-23-49-22-20-43-17-14-29(15-18-43)37(47)51-39(3,4)5/h10-13,24,29,33H,9,14-23,25-26H2,1-8H3. The molecule has 0 N–H and O–H groups in total. The number of aromatic nitrogens is 3. The SMILES string of the molecule is CCOC(=O)CC(c1ccc2c(c1)CN(C(=O)OC(C)(C)C)CC2)c1ccc2c(nnn2CCOCCN2CCC(C(=O)OC(C)(C)C)CC2)c1C. The number of hydrogen-bond acceptors (Lipinski definition) is 10. The number of rotatable bonds is 12. The van der Waals surface area contributed by atoms with Crippen LogP contribution in [0, 0.1) is 12.8 Å². The van der Waals surface area contributed by atoms with E-state index in [1.54, 1.807) is 4.90 Å². The number of likely N-dealkylation sites (tertiary alicyclic amines) is 1. The molecule has 2 aliphatic rings. The van der Waals surface area contributed by atoms with Gasteiger partial charge >= 0.3 is 18.0 Å². The highest BCUT2D eigenvalue weighted by Gasteiger charge is 2.30. The van der Waals surface area contributed by atoms with Crippen LogP contribution in [0.25, 0.3) is 11.0 Å². The second-order valence-electron chi connectivity index (χ2n) is 16.0. The number of amides is 1. The van der Waals surface area contributed by atoms with Crippen LogP contribution in [0.15, 0.2) is 30.3 Å². The topological polar surface area (TPSA) is 125 Å². The highest BCUT2D eigenvalue weighted by atomic mass is 16.6. The number of ether oxygens (including phenoxy) is 4. The first-order valence-electron chi connectivity index (χ1n) is 18.7. The van der Waals surface area contributed by atoms with Gasteiger partial charge in [0.15, 0.2) is 0 Å². The van der Waals surface area contributed by atoms with Gasteiger partial charge < -0.3 is 28.7 Å². The molecule has 1 fully saturated rings. The Morgan fingerprint density at radius 2 is 1.62 bits per heavy atom. The predicted molar refractivity (Wildman–Crippen MR) is 198 cm³/mol. The lowest BCUT2D eigenvalue weighted by molar-refractivity contribution is -0.161. The summed E-state index contributed by atoms with van der Waals surface area (Å²) in [5.41, 5.74) is 5.84. The lowest BCUT2D eigenvalue weighted by atomic mass is 9.83. The number of carbonyl (C=O) groups excluding carboxylic acids is 3. The molecule has 0 bridgehead atoms. The van der Waals surface area contributed by atoms with Gasteiger partial charge in [0.25, 0.3) is 0 Å². The maximum absolute atomic E-state index is 12.9. The predicted octanol–water partition coefficient (Wildman–Crippen LogP) is 6.19. The second kappa shape index (κ2) is 16.8. The van der Waals surface area contributed by atoms with Gasteiger partial charge in [-0.05, 0) is 122 Å². The molecule has 0 aliphatic carbocycles. The van der Waals surface area contributed by atoms with Gasteiger partial charge in [-0.25, -0.2) is 9.48 Å². The van der Waals surface area contributed by atoms with Gasteiger partial charge in [-0.2, -0.15) is 0 Å². The zero-order valence-electron chi connectivity index (χ0n) is 32.3.